The molecule has 0 bridgehead atoms. The second kappa shape index (κ2) is 15.2. The molecule has 7 heteroatoms. The van der Waals surface area contributed by atoms with E-state index in [0.717, 1.165) is 45.0 Å². The largest absolute Gasteiger partial charge is 0.348 e. The quantitative estimate of drug-likeness (QED) is 0.162. The zero-order valence-corrected chi connectivity index (χ0v) is 27.0. The highest BCUT2D eigenvalue weighted by Gasteiger charge is 2.19. The Hall–Kier alpha value is -3.13. The van der Waals surface area contributed by atoms with Gasteiger partial charge in [-0.15, -0.1) is 10.2 Å². The van der Waals surface area contributed by atoms with Crippen molar-refractivity contribution in [3.8, 4) is 0 Å². The van der Waals surface area contributed by atoms with Crippen molar-refractivity contribution < 1.29 is 0 Å². The van der Waals surface area contributed by atoms with E-state index in [-0.39, 0.29) is 0 Å². The summed E-state index contributed by atoms with van der Waals surface area (Å²) in [7, 11) is 3.97. The zero-order valence-electron chi connectivity index (χ0n) is 24.6. The first-order chi connectivity index (χ1) is 19.9. The molecule has 0 radical (unpaired) electrons. The van der Waals surface area contributed by atoms with Crippen molar-refractivity contribution in [3.63, 3.8) is 0 Å². The standard InChI is InChI=1S/C34H38N4S3/c1-7-27-17-19-28(20-18-27)23-39-33-36-37-34(41-33)40-32-29(21-15-25(3)35-5)12-10-13-30(32)22-16-26(4)38(6)31-14-9-8-11-24(31)2/h7-9,11,14-22H,1,10,12-13,23H2,2-6H3/b21-15+,26-16+,30-22+,35-25?. The first-order valence-electron chi connectivity index (χ1n) is 13.7. The highest BCUT2D eigenvalue weighted by Crippen LogP contribution is 2.43. The van der Waals surface area contributed by atoms with Gasteiger partial charge in [0.05, 0.1) is 0 Å². The van der Waals surface area contributed by atoms with Crippen LogP contribution in [0.25, 0.3) is 6.08 Å². The van der Waals surface area contributed by atoms with Crippen LogP contribution in [0.1, 0.15) is 49.8 Å². The number of para-hydroxylation sites is 1. The van der Waals surface area contributed by atoms with Crippen molar-refractivity contribution in [1.29, 1.82) is 0 Å². The van der Waals surface area contributed by atoms with Crippen molar-refractivity contribution >= 4 is 52.3 Å². The molecule has 0 saturated heterocycles. The fourth-order valence-corrected chi connectivity index (χ4v) is 7.60. The van der Waals surface area contributed by atoms with E-state index in [9.17, 15) is 0 Å². The summed E-state index contributed by atoms with van der Waals surface area (Å²) in [5, 5.41) is 9.07. The van der Waals surface area contributed by atoms with Crippen molar-refractivity contribution in [2.24, 2.45) is 4.99 Å². The predicted molar refractivity (Wildman–Crippen MR) is 182 cm³/mol. The SMILES string of the molecule is C=Cc1ccc(CSc2nnc(SC3=C(/C=C/C(C)=NC)CCC/C3=C\C=C(/C)N(C)c3ccccc3C)s2)cc1. The Morgan fingerprint density at radius 2 is 1.83 bits per heavy atom. The third-order valence-corrected chi connectivity index (χ3v) is 10.4. The van der Waals surface area contributed by atoms with Crippen molar-refractivity contribution in [3.05, 3.63) is 118 Å². The number of anilines is 1. The van der Waals surface area contributed by atoms with Gasteiger partial charge in [0.1, 0.15) is 0 Å². The minimum absolute atomic E-state index is 0.868. The molecular weight excluding hydrogens is 561 g/mol. The van der Waals surface area contributed by atoms with Crippen molar-refractivity contribution in [2.75, 3.05) is 19.0 Å². The molecule has 212 valence electrons. The molecule has 0 N–H and O–H groups in total. The first-order valence-corrected chi connectivity index (χ1v) is 16.4. The summed E-state index contributed by atoms with van der Waals surface area (Å²) in [4.78, 5) is 7.86. The first kappa shape index (κ1) is 30.8. The van der Waals surface area contributed by atoms with Gasteiger partial charge >= 0.3 is 0 Å². The van der Waals surface area contributed by atoms with Crippen molar-refractivity contribution in [1.82, 2.24) is 10.2 Å². The van der Waals surface area contributed by atoms with E-state index < -0.39 is 0 Å². The number of hydrogen-bond donors (Lipinski definition) is 0. The summed E-state index contributed by atoms with van der Waals surface area (Å²) in [5.74, 6) is 0.868. The number of aryl methyl sites for hydroxylation is 1. The van der Waals surface area contributed by atoms with Gasteiger partial charge in [0.2, 0.25) is 0 Å². The van der Waals surface area contributed by atoms with Crippen LogP contribution in [-0.2, 0) is 5.75 Å². The molecular formula is C34H38N4S3. The average Bonchev–Trinajstić information content (AvgIpc) is 3.45. The Morgan fingerprint density at radius 1 is 1.07 bits per heavy atom. The van der Waals surface area contributed by atoms with Gasteiger partial charge in [-0.25, -0.2) is 0 Å². The third-order valence-electron chi connectivity index (χ3n) is 7.04. The van der Waals surface area contributed by atoms with Crippen LogP contribution in [0.3, 0.4) is 0 Å². The van der Waals surface area contributed by atoms with Crippen LogP contribution >= 0.6 is 34.9 Å². The number of hydrogen-bond acceptors (Lipinski definition) is 7. The lowest BCUT2D eigenvalue weighted by Gasteiger charge is -2.23. The molecule has 0 atom stereocenters. The zero-order chi connectivity index (χ0) is 29.2. The van der Waals surface area contributed by atoms with E-state index in [0.29, 0.717) is 0 Å². The van der Waals surface area contributed by atoms with Gasteiger partial charge in [-0.3, -0.25) is 4.99 Å². The summed E-state index contributed by atoms with van der Waals surface area (Å²) >= 11 is 5.15. The molecule has 0 fully saturated rings. The maximum absolute atomic E-state index is 4.57. The number of aromatic nitrogens is 2. The fraction of sp³-hybridized carbons (Fsp3) is 0.265. The average molecular weight is 599 g/mol. The number of allylic oxidation sites excluding steroid dienone is 7. The van der Waals surface area contributed by atoms with Gasteiger partial charge in [0.25, 0.3) is 0 Å². The van der Waals surface area contributed by atoms with E-state index in [1.165, 1.54) is 38.6 Å². The van der Waals surface area contributed by atoms with Gasteiger partial charge in [0, 0.05) is 41.8 Å². The Bertz CT molecular complexity index is 1510. The Kier molecular flexibility index (Phi) is 11.4. The number of aliphatic imine (C=N–C) groups is 1. The van der Waals surface area contributed by atoms with E-state index in [2.05, 4.69) is 120 Å². The lowest BCUT2D eigenvalue weighted by Crippen LogP contribution is -2.15. The summed E-state index contributed by atoms with van der Waals surface area (Å²) in [6.07, 6.45) is 14.0. The summed E-state index contributed by atoms with van der Waals surface area (Å²) in [5.41, 5.74) is 9.79. The van der Waals surface area contributed by atoms with Crippen LogP contribution in [0.5, 0.6) is 0 Å². The lowest BCUT2D eigenvalue weighted by atomic mass is 9.94. The van der Waals surface area contributed by atoms with Crippen LogP contribution in [0, 0.1) is 6.92 Å². The molecule has 1 aromatic heterocycles. The summed E-state index contributed by atoms with van der Waals surface area (Å²) < 4.78 is 1.96. The van der Waals surface area contributed by atoms with Gasteiger partial charge in [-0.05, 0) is 86.1 Å². The van der Waals surface area contributed by atoms with Gasteiger partial charge in [0.15, 0.2) is 8.68 Å². The molecule has 0 aliphatic heterocycles. The molecule has 0 saturated carbocycles. The third kappa shape index (κ3) is 8.68. The van der Waals surface area contributed by atoms with E-state index in [4.69, 9.17) is 0 Å². The highest BCUT2D eigenvalue weighted by molar-refractivity contribution is 8.05. The second-order valence-corrected chi connectivity index (χ2v) is 13.4. The second-order valence-electron chi connectivity index (χ2n) is 9.92. The minimum Gasteiger partial charge on any atom is -0.348 e. The van der Waals surface area contributed by atoms with Crippen LogP contribution < -0.4 is 4.90 Å². The Labute approximate surface area is 257 Å². The topological polar surface area (TPSA) is 41.4 Å². The molecule has 0 amide bonds. The Balaban J connectivity index is 1.57. The normalized spacial score (nSPS) is 15.7. The number of rotatable bonds is 11. The van der Waals surface area contributed by atoms with Crippen LogP contribution in [-0.4, -0.2) is 30.0 Å². The van der Waals surface area contributed by atoms with Crippen LogP contribution in [0.4, 0.5) is 5.69 Å². The van der Waals surface area contributed by atoms with Gasteiger partial charge in [-0.2, -0.15) is 0 Å². The van der Waals surface area contributed by atoms with Crippen molar-refractivity contribution in [2.45, 2.75) is 54.5 Å². The molecule has 41 heavy (non-hydrogen) atoms. The highest BCUT2D eigenvalue weighted by atomic mass is 32.2. The molecule has 4 rings (SSSR count). The molecule has 0 unspecified atom stereocenters. The molecule has 2 aromatic carbocycles. The molecule has 4 nitrogen and oxygen atoms in total. The molecule has 3 aromatic rings. The fourth-order valence-electron chi connectivity index (χ4n) is 4.39. The smallest absolute Gasteiger partial charge is 0.179 e. The van der Waals surface area contributed by atoms with E-state index in [1.54, 1.807) is 34.9 Å². The van der Waals surface area contributed by atoms with Gasteiger partial charge < -0.3 is 4.90 Å². The number of benzene rings is 2. The summed E-state index contributed by atoms with van der Waals surface area (Å²) in [6.45, 7) is 10.2. The number of nitrogens with zero attached hydrogens (tertiary/aromatic N) is 4. The summed E-state index contributed by atoms with van der Waals surface area (Å²) in [6, 6.07) is 17.0. The van der Waals surface area contributed by atoms with E-state index >= 15 is 0 Å². The lowest BCUT2D eigenvalue weighted by molar-refractivity contribution is 0.792. The molecule has 1 aliphatic carbocycles. The predicted octanol–water partition coefficient (Wildman–Crippen LogP) is 9.93. The minimum atomic E-state index is 0.868. The molecule has 0 spiro atoms. The van der Waals surface area contributed by atoms with Crippen LogP contribution in [0.2, 0.25) is 0 Å². The van der Waals surface area contributed by atoms with Gasteiger partial charge in [-0.1, -0.05) is 102 Å². The van der Waals surface area contributed by atoms with Crippen LogP contribution in [0.15, 0.2) is 115 Å². The van der Waals surface area contributed by atoms with E-state index in [1.807, 2.05) is 20.0 Å². The molecule has 1 aliphatic rings. The maximum Gasteiger partial charge on any atom is 0.179 e. The molecule has 1 heterocycles. The number of thioether (sulfide) groups is 2. The maximum atomic E-state index is 4.57. The monoisotopic (exact) mass is 598 g/mol. The Morgan fingerprint density at radius 3 is 2.56 bits per heavy atom.